The summed E-state index contributed by atoms with van der Waals surface area (Å²) in [5, 5.41) is 12.1. The summed E-state index contributed by atoms with van der Waals surface area (Å²) in [6, 6.07) is 0.909. The van der Waals surface area contributed by atoms with Crippen molar-refractivity contribution >= 4 is 5.91 Å². The van der Waals surface area contributed by atoms with Crippen LogP contribution in [0, 0.1) is 0 Å². The second-order valence-electron chi connectivity index (χ2n) is 5.97. The summed E-state index contributed by atoms with van der Waals surface area (Å²) in [7, 11) is 0. The van der Waals surface area contributed by atoms with Crippen molar-refractivity contribution in [2.45, 2.75) is 52.1 Å². The number of carbonyl (C=O) groups is 1. The molecule has 20 heavy (non-hydrogen) atoms. The van der Waals surface area contributed by atoms with Crippen LogP contribution in [0.2, 0.25) is 0 Å². The number of piperidine rings is 1. The third-order valence-electron chi connectivity index (χ3n) is 3.95. The number of aliphatic hydroxyl groups is 1. The molecule has 0 aromatic heterocycles. The minimum atomic E-state index is 0.0925. The molecule has 0 aromatic rings. The lowest BCUT2D eigenvalue weighted by Gasteiger charge is -2.35. The summed E-state index contributed by atoms with van der Waals surface area (Å²) in [5.74, 6) is 0.0925. The van der Waals surface area contributed by atoms with E-state index in [-0.39, 0.29) is 12.5 Å². The fourth-order valence-electron chi connectivity index (χ4n) is 2.76. The molecule has 0 unspecified atom stereocenters. The van der Waals surface area contributed by atoms with E-state index in [1.54, 1.807) is 0 Å². The van der Waals surface area contributed by atoms with Gasteiger partial charge in [0.15, 0.2) is 0 Å². The summed E-state index contributed by atoms with van der Waals surface area (Å²) in [6.07, 6.45) is 3.08. The van der Waals surface area contributed by atoms with E-state index >= 15 is 0 Å². The third kappa shape index (κ3) is 6.20. The van der Waals surface area contributed by atoms with Crippen LogP contribution in [0.15, 0.2) is 0 Å². The Morgan fingerprint density at radius 1 is 1.35 bits per heavy atom. The first-order chi connectivity index (χ1) is 9.56. The molecule has 0 bridgehead atoms. The summed E-state index contributed by atoms with van der Waals surface area (Å²) in [6.45, 7) is 10.6. The van der Waals surface area contributed by atoms with Crippen LogP contribution in [-0.4, -0.2) is 72.2 Å². The molecule has 118 valence electrons. The second-order valence-corrected chi connectivity index (χ2v) is 5.97. The molecule has 5 heteroatoms. The van der Waals surface area contributed by atoms with Crippen LogP contribution in [0.3, 0.4) is 0 Å². The Morgan fingerprint density at radius 3 is 2.50 bits per heavy atom. The summed E-state index contributed by atoms with van der Waals surface area (Å²) in [4.78, 5) is 16.5. The summed E-state index contributed by atoms with van der Waals surface area (Å²) < 4.78 is 0. The summed E-state index contributed by atoms with van der Waals surface area (Å²) in [5.41, 5.74) is 0. The average molecular weight is 285 g/mol. The number of hydrogen-bond donors (Lipinski definition) is 2. The molecule has 1 rings (SSSR count). The predicted molar refractivity (Wildman–Crippen MR) is 81.7 cm³/mol. The Balaban J connectivity index is 2.28. The van der Waals surface area contributed by atoms with Crippen LogP contribution < -0.4 is 5.32 Å². The molecule has 5 nitrogen and oxygen atoms in total. The van der Waals surface area contributed by atoms with Crippen molar-refractivity contribution in [3.05, 3.63) is 0 Å². The number of likely N-dealkylation sites (tertiary alicyclic amines) is 1. The van der Waals surface area contributed by atoms with Crippen LogP contribution in [0.1, 0.15) is 40.0 Å². The molecule has 1 aliphatic heterocycles. The van der Waals surface area contributed by atoms with Gasteiger partial charge in [0.25, 0.3) is 0 Å². The molecular weight excluding hydrogens is 254 g/mol. The minimum absolute atomic E-state index is 0.0925. The predicted octanol–water partition coefficient (Wildman–Crippen LogP) is 0.680. The first-order valence-corrected chi connectivity index (χ1v) is 7.93. The fraction of sp³-hybridized carbons (Fsp3) is 0.933. The highest BCUT2D eigenvalue weighted by molar-refractivity contribution is 5.78. The van der Waals surface area contributed by atoms with Gasteiger partial charge in [-0.05, 0) is 39.7 Å². The van der Waals surface area contributed by atoms with Gasteiger partial charge in [-0.15, -0.1) is 0 Å². The van der Waals surface area contributed by atoms with Crippen LogP contribution >= 0.6 is 0 Å². The van der Waals surface area contributed by atoms with Crippen molar-refractivity contribution < 1.29 is 9.90 Å². The van der Waals surface area contributed by atoms with E-state index in [9.17, 15) is 4.79 Å². The maximum atomic E-state index is 12.0. The van der Waals surface area contributed by atoms with E-state index < -0.39 is 0 Å². The van der Waals surface area contributed by atoms with E-state index in [4.69, 9.17) is 5.11 Å². The lowest BCUT2D eigenvalue weighted by Crippen LogP contribution is -2.49. The Morgan fingerprint density at radius 2 is 2.00 bits per heavy atom. The van der Waals surface area contributed by atoms with Gasteiger partial charge in [-0.2, -0.15) is 0 Å². The van der Waals surface area contributed by atoms with Crippen molar-refractivity contribution in [2.24, 2.45) is 0 Å². The minimum Gasteiger partial charge on any atom is -0.395 e. The van der Waals surface area contributed by atoms with Gasteiger partial charge in [-0.25, -0.2) is 0 Å². The van der Waals surface area contributed by atoms with E-state index in [0.717, 1.165) is 38.9 Å². The molecule has 1 aliphatic rings. The molecule has 0 saturated carbocycles. The monoisotopic (exact) mass is 285 g/mol. The number of rotatable bonds is 8. The highest BCUT2D eigenvalue weighted by atomic mass is 16.3. The standard InChI is InChI=1S/C15H31N3O2/c1-4-7-17(10-11-19)12-15(20)16-14-5-8-18(9-6-14)13(2)3/h13-14,19H,4-12H2,1-3H3,(H,16,20). The Bertz CT molecular complexity index is 270. The zero-order valence-corrected chi connectivity index (χ0v) is 13.3. The van der Waals surface area contributed by atoms with Crippen molar-refractivity contribution in [3.63, 3.8) is 0 Å². The maximum Gasteiger partial charge on any atom is 0.234 e. The van der Waals surface area contributed by atoms with Crippen molar-refractivity contribution in [1.82, 2.24) is 15.1 Å². The molecule has 1 heterocycles. The largest absolute Gasteiger partial charge is 0.395 e. The second kappa shape index (κ2) is 9.32. The molecule has 1 amide bonds. The van der Waals surface area contributed by atoms with Gasteiger partial charge in [-0.3, -0.25) is 9.69 Å². The van der Waals surface area contributed by atoms with E-state index in [1.165, 1.54) is 0 Å². The number of aliphatic hydroxyl groups excluding tert-OH is 1. The van der Waals surface area contributed by atoms with Gasteiger partial charge in [0, 0.05) is 31.7 Å². The quantitative estimate of drug-likeness (QED) is 0.688. The van der Waals surface area contributed by atoms with Crippen molar-refractivity contribution in [3.8, 4) is 0 Å². The van der Waals surface area contributed by atoms with Gasteiger partial charge in [0.2, 0.25) is 5.91 Å². The summed E-state index contributed by atoms with van der Waals surface area (Å²) >= 11 is 0. The molecule has 0 spiro atoms. The van der Waals surface area contributed by atoms with Gasteiger partial charge in [0.05, 0.1) is 13.2 Å². The Labute approximate surface area is 123 Å². The molecule has 0 aliphatic carbocycles. The topological polar surface area (TPSA) is 55.8 Å². The molecular formula is C15H31N3O2. The third-order valence-corrected chi connectivity index (χ3v) is 3.95. The molecule has 0 radical (unpaired) electrons. The smallest absolute Gasteiger partial charge is 0.234 e. The fourth-order valence-corrected chi connectivity index (χ4v) is 2.76. The van der Waals surface area contributed by atoms with E-state index in [0.29, 0.717) is 25.2 Å². The SMILES string of the molecule is CCCN(CCO)CC(=O)NC1CCN(C(C)C)CC1. The molecule has 2 N–H and O–H groups in total. The van der Waals surface area contributed by atoms with Gasteiger partial charge in [-0.1, -0.05) is 6.92 Å². The average Bonchev–Trinajstić information content (AvgIpc) is 2.39. The van der Waals surface area contributed by atoms with E-state index in [1.807, 2.05) is 4.90 Å². The first kappa shape index (κ1) is 17.4. The lowest BCUT2D eigenvalue weighted by molar-refractivity contribution is -0.123. The number of carbonyl (C=O) groups excluding carboxylic acids is 1. The molecule has 1 fully saturated rings. The number of nitrogens with zero attached hydrogens (tertiary/aromatic N) is 2. The van der Waals surface area contributed by atoms with Crippen LogP contribution in [0.4, 0.5) is 0 Å². The zero-order valence-electron chi connectivity index (χ0n) is 13.3. The van der Waals surface area contributed by atoms with Crippen LogP contribution in [0.5, 0.6) is 0 Å². The number of nitrogens with one attached hydrogen (secondary N) is 1. The van der Waals surface area contributed by atoms with Gasteiger partial charge >= 0.3 is 0 Å². The van der Waals surface area contributed by atoms with Crippen molar-refractivity contribution in [1.29, 1.82) is 0 Å². The van der Waals surface area contributed by atoms with Gasteiger partial charge < -0.3 is 15.3 Å². The number of hydrogen-bond acceptors (Lipinski definition) is 4. The van der Waals surface area contributed by atoms with E-state index in [2.05, 4.69) is 31.0 Å². The molecule has 0 atom stereocenters. The zero-order chi connectivity index (χ0) is 15.0. The Kier molecular flexibility index (Phi) is 8.11. The van der Waals surface area contributed by atoms with Crippen LogP contribution in [-0.2, 0) is 4.79 Å². The van der Waals surface area contributed by atoms with Gasteiger partial charge in [0.1, 0.15) is 0 Å². The lowest BCUT2D eigenvalue weighted by atomic mass is 10.0. The first-order valence-electron chi connectivity index (χ1n) is 7.93. The highest BCUT2D eigenvalue weighted by Gasteiger charge is 2.22. The van der Waals surface area contributed by atoms with Crippen LogP contribution in [0.25, 0.3) is 0 Å². The van der Waals surface area contributed by atoms with Crippen molar-refractivity contribution in [2.75, 3.05) is 39.3 Å². The Hall–Kier alpha value is -0.650. The molecule has 1 saturated heterocycles. The number of amides is 1. The normalized spacial score (nSPS) is 17.9. The highest BCUT2D eigenvalue weighted by Crippen LogP contribution is 2.12. The maximum absolute atomic E-state index is 12.0. The molecule has 0 aromatic carbocycles.